The summed E-state index contributed by atoms with van der Waals surface area (Å²) >= 11 is 0. The molecular weight excluding hydrogens is 338 g/mol. The van der Waals surface area contributed by atoms with Crippen LogP contribution in [0.1, 0.15) is 35.8 Å². The van der Waals surface area contributed by atoms with E-state index < -0.39 is 23.5 Å². The third-order valence-corrected chi connectivity index (χ3v) is 3.76. The molecule has 10 heteroatoms. The minimum absolute atomic E-state index is 0.0826. The van der Waals surface area contributed by atoms with Gasteiger partial charge in [-0.25, -0.2) is 0 Å². The molecule has 1 aliphatic rings. The summed E-state index contributed by atoms with van der Waals surface area (Å²) in [7, 11) is 0. The number of aromatic amines is 1. The normalized spacial score (nSPS) is 19.0. The van der Waals surface area contributed by atoms with E-state index in [4.69, 9.17) is 0 Å². The van der Waals surface area contributed by atoms with Gasteiger partial charge >= 0.3 is 12.4 Å². The topological polar surface area (TPSA) is 53.6 Å². The zero-order chi connectivity index (χ0) is 17.5. The average molecular weight is 350 g/mol. The van der Waals surface area contributed by atoms with Crippen molar-refractivity contribution in [1.29, 1.82) is 0 Å². The van der Waals surface area contributed by atoms with Crippen LogP contribution in [0.3, 0.4) is 0 Å². The molecule has 1 aromatic heterocycles. The van der Waals surface area contributed by atoms with Gasteiger partial charge in [0.1, 0.15) is 5.82 Å². The summed E-state index contributed by atoms with van der Waals surface area (Å²) in [6.45, 7) is 0.766. The monoisotopic (exact) mass is 350 g/mol. The van der Waals surface area contributed by atoms with Crippen molar-refractivity contribution >= 4 is 0 Å². The largest absolute Gasteiger partial charge is 0.416 e. The lowest BCUT2D eigenvalue weighted by molar-refractivity contribution is -0.143. The predicted molar refractivity (Wildman–Crippen MR) is 71.8 cm³/mol. The molecule has 0 radical (unpaired) electrons. The maximum Gasteiger partial charge on any atom is 0.416 e. The van der Waals surface area contributed by atoms with E-state index >= 15 is 0 Å². The molecule has 1 aromatic carbocycles. The van der Waals surface area contributed by atoms with Crippen molar-refractivity contribution in [2.24, 2.45) is 0 Å². The van der Waals surface area contributed by atoms with Crippen molar-refractivity contribution < 1.29 is 26.3 Å². The second-order valence-corrected chi connectivity index (χ2v) is 5.50. The highest BCUT2D eigenvalue weighted by molar-refractivity contribution is 5.58. The molecule has 0 aliphatic carbocycles. The Morgan fingerprint density at radius 3 is 2.04 bits per heavy atom. The second-order valence-electron chi connectivity index (χ2n) is 5.50. The minimum Gasteiger partial charge on any atom is -0.324 e. The van der Waals surface area contributed by atoms with E-state index in [1.54, 1.807) is 0 Å². The highest BCUT2D eigenvalue weighted by Gasteiger charge is 2.37. The third kappa shape index (κ3) is 3.37. The van der Waals surface area contributed by atoms with Crippen LogP contribution >= 0.6 is 0 Å². The number of hydrogen-bond donors (Lipinski definition) is 2. The lowest BCUT2D eigenvalue weighted by Crippen LogP contribution is -2.14. The predicted octanol–water partition coefficient (Wildman–Crippen LogP) is 3.93. The van der Waals surface area contributed by atoms with E-state index in [0.29, 0.717) is 18.0 Å². The molecule has 24 heavy (non-hydrogen) atoms. The van der Waals surface area contributed by atoms with Gasteiger partial charge in [0, 0.05) is 5.56 Å². The van der Waals surface area contributed by atoms with Gasteiger partial charge in [0.25, 0.3) is 0 Å². The van der Waals surface area contributed by atoms with E-state index in [9.17, 15) is 26.3 Å². The molecular formula is C14H12F6N4. The smallest absolute Gasteiger partial charge is 0.324 e. The van der Waals surface area contributed by atoms with Crippen molar-refractivity contribution in [3.8, 4) is 11.4 Å². The lowest BCUT2D eigenvalue weighted by Gasteiger charge is -2.13. The van der Waals surface area contributed by atoms with Crippen LogP contribution in [0.4, 0.5) is 26.3 Å². The Morgan fingerprint density at radius 2 is 1.54 bits per heavy atom. The van der Waals surface area contributed by atoms with Crippen molar-refractivity contribution in [2.75, 3.05) is 6.54 Å². The highest BCUT2D eigenvalue weighted by Crippen LogP contribution is 2.38. The average Bonchev–Trinajstić information content (AvgIpc) is 3.16. The maximum absolute atomic E-state index is 12.9. The fourth-order valence-electron chi connectivity index (χ4n) is 2.57. The van der Waals surface area contributed by atoms with Gasteiger partial charge in [-0.3, -0.25) is 0 Å². The Morgan fingerprint density at radius 1 is 0.917 bits per heavy atom. The maximum atomic E-state index is 12.9. The Labute approximate surface area is 132 Å². The van der Waals surface area contributed by atoms with Gasteiger partial charge in [-0.1, -0.05) is 0 Å². The highest BCUT2D eigenvalue weighted by atomic mass is 19.4. The zero-order valence-electron chi connectivity index (χ0n) is 12.1. The Bertz CT molecular complexity index is 695. The summed E-state index contributed by atoms with van der Waals surface area (Å²) in [6.07, 6.45) is -8.12. The molecule has 0 amide bonds. The fraction of sp³-hybridized carbons (Fsp3) is 0.429. The van der Waals surface area contributed by atoms with Crippen LogP contribution in [0.15, 0.2) is 18.2 Å². The Kier molecular flexibility index (Phi) is 4.02. The fourth-order valence-corrected chi connectivity index (χ4v) is 2.57. The molecule has 1 fully saturated rings. The van der Waals surface area contributed by atoms with E-state index in [0.717, 1.165) is 19.4 Å². The summed E-state index contributed by atoms with van der Waals surface area (Å²) in [5.41, 5.74) is -3.08. The van der Waals surface area contributed by atoms with Gasteiger partial charge in [-0.2, -0.15) is 26.3 Å². The molecule has 2 heterocycles. The second kappa shape index (κ2) is 5.76. The van der Waals surface area contributed by atoms with E-state index in [-0.39, 0.29) is 23.5 Å². The molecule has 1 aliphatic heterocycles. The van der Waals surface area contributed by atoms with Gasteiger partial charge in [0.2, 0.25) is 0 Å². The first-order valence-corrected chi connectivity index (χ1v) is 7.10. The van der Waals surface area contributed by atoms with Crippen LogP contribution in [0.5, 0.6) is 0 Å². The first-order valence-electron chi connectivity index (χ1n) is 7.10. The number of H-pyrrole nitrogens is 1. The van der Waals surface area contributed by atoms with Crippen LogP contribution in [0, 0.1) is 0 Å². The van der Waals surface area contributed by atoms with Crippen LogP contribution in [0.2, 0.25) is 0 Å². The van der Waals surface area contributed by atoms with E-state index in [1.165, 1.54) is 0 Å². The van der Waals surface area contributed by atoms with E-state index in [2.05, 4.69) is 20.5 Å². The molecule has 0 bridgehead atoms. The summed E-state index contributed by atoms with van der Waals surface area (Å²) < 4.78 is 77.3. The number of alkyl halides is 6. The number of halogens is 6. The molecule has 2 aromatic rings. The van der Waals surface area contributed by atoms with Gasteiger partial charge in [-0.05, 0) is 37.6 Å². The number of benzene rings is 1. The summed E-state index contributed by atoms with van der Waals surface area (Å²) in [4.78, 5) is 2.71. The zero-order valence-corrected chi connectivity index (χ0v) is 12.1. The quantitative estimate of drug-likeness (QED) is 0.807. The molecule has 3 rings (SSSR count). The van der Waals surface area contributed by atoms with Gasteiger partial charge in [0.05, 0.1) is 17.2 Å². The molecule has 2 N–H and O–H groups in total. The molecule has 130 valence electrons. The number of nitrogens with one attached hydrogen (secondary N) is 2. The van der Waals surface area contributed by atoms with Gasteiger partial charge in [0.15, 0.2) is 5.82 Å². The molecule has 1 saturated heterocycles. The summed E-state index contributed by atoms with van der Waals surface area (Å²) in [6, 6.07) is 1.21. The number of hydrogen-bond acceptors (Lipinski definition) is 3. The lowest BCUT2D eigenvalue weighted by atomic mass is 10.0. The van der Waals surface area contributed by atoms with Crippen LogP contribution < -0.4 is 5.32 Å². The Balaban J connectivity index is 2.03. The third-order valence-electron chi connectivity index (χ3n) is 3.76. The first-order chi connectivity index (χ1) is 11.1. The number of rotatable bonds is 2. The first kappa shape index (κ1) is 16.7. The molecule has 1 unspecified atom stereocenters. The van der Waals surface area contributed by atoms with Crippen LogP contribution in [0.25, 0.3) is 11.4 Å². The van der Waals surface area contributed by atoms with Crippen molar-refractivity contribution in [2.45, 2.75) is 31.2 Å². The Hall–Kier alpha value is -2.10. The van der Waals surface area contributed by atoms with Crippen molar-refractivity contribution in [3.63, 3.8) is 0 Å². The molecule has 1 atom stereocenters. The summed E-state index contributed by atoms with van der Waals surface area (Å²) in [5.74, 6) is 0.267. The molecule has 0 saturated carbocycles. The molecule has 0 spiro atoms. The molecule has 4 nitrogen and oxygen atoms in total. The minimum atomic E-state index is -4.90. The SMILES string of the molecule is FC(F)(F)c1cc(-c2nnc(C3CCCN3)[nH]2)cc(C(F)(F)F)c1. The van der Waals surface area contributed by atoms with Crippen LogP contribution in [-0.4, -0.2) is 21.7 Å². The van der Waals surface area contributed by atoms with E-state index in [1.807, 2.05) is 0 Å². The van der Waals surface area contributed by atoms with Crippen molar-refractivity contribution in [3.05, 3.63) is 35.2 Å². The summed E-state index contributed by atoms with van der Waals surface area (Å²) in [5, 5.41) is 10.6. The standard InChI is InChI=1S/C14H12F6N4/c15-13(16,17)8-4-7(5-9(6-8)14(18,19)20)11-22-12(24-23-11)10-2-1-3-21-10/h4-6,10,21H,1-3H2,(H,22,23,24). The van der Waals surface area contributed by atoms with Gasteiger partial charge < -0.3 is 10.3 Å². The van der Waals surface area contributed by atoms with Gasteiger partial charge in [-0.15, -0.1) is 10.2 Å². The number of nitrogens with zero attached hydrogens (tertiary/aromatic N) is 2. The number of aromatic nitrogens is 3. The van der Waals surface area contributed by atoms with Crippen molar-refractivity contribution in [1.82, 2.24) is 20.5 Å². The van der Waals surface area contributed by atoms with Crippen LogP contribution in [-0.2, 0) is 12.4 Å².